The standard InChI is InChI=1S/C19H23ClN4OS/c1-12-15-9-16(17(25)23(4)11-19(2,3)10-21)26-18(15)24(22-12)14-7-5-6-13(20)8-14/h5-9H,10-11,21H2,1-4H3. The molecule has 3 aromatic rings. The molecule has 0 aliphatic rings. The fourth-order valence-electron chi connectivity index (χ4n) is 2.90. The Bertz CT molecular complexity index is 960. The molecule has 0 radical (unpaired) electrons. The summed E-state index contributed by atoms with van der Waals surface area (Å²) in [5, 5.41) is 6.25. The Balaban J connectivity index is 1.97. The third kappa shape index (κ3) is 3.63. The molecule has 2 heterocycles. The van der Waals surface area contributed by atoms with Crippen LogP contribution >= 0.6 is 22.9 Å². The maximum atomic E-state index is 12.9. The van der Waals surface area contributed by atoms with Gasteiger partial charge in [0.15, 0.2) is 0 Å². The van der Waals surface area contributed by atoms with Crippen LogP contribution in [0.2, 0.25) is 5.02 Å². The third-order valence-corrected chi connectivity index (χ3v) is 5.71. The summed E-state index contributed by atoms with van der Waals surface area (Å²) in [7, 11) is 1.82. The topological polar surface area (TPSA) is 64.2 Å². The number of rotatable bonds is 5. The van der Waals surface area contributed by atoms with Crippen LogP contribution in [0.5, 0.6) is 0 Å². The molecule has 0 aliphatic heterocycles. The van der Waals surface area contributed by atoms with Crippen molar-refractivity contribution < 1.29 is 4.79 Å². The van der Waals surface area contributed by atoms with E-state index < -0.39 is 0 Å². The Kier molecular flexibility index (Phi) is 5.10. The highest BCUT2D eigenvalue weighted by atomic mass is 35.5. The summed E-state index contributed by atoms with van der Waals surface area (Å²) in [4.78, 5) is 16.2. The second-order valence-electron chi connectivity index (χ2n) is 7.34. The van der Waals surface area contributed by atoms with E-state index in [0.717, 1.165) is 21.6 Å². The van der Waals surface area contributed by atoms with E-state index in [1.807, 2.05) is 49.0 Å². The van der Waals surface area contributed by atoms with Crippen molar-refractivity contribution in [2.75, 3.05) is 20.1 Å². The van der Waals surface area contributed by atoms with Gasteiger partial charge in [0.05, 0.1) is 16.3 Å². The minimum Gasteiger partial charge on any atom is -0.340 e. The van der Waals surface area contributed by atoms with Crippen LogP contribution in [0.1, 0.15) is 29.2 Å². The van der Waals surface area contributed by atoms with Gasteiger partial charge in [-0.1, -0.05) is 31.5 Å². The van der Waals surface area contributed by atoms with E-state index >= 15 is 0 Å². The molecule has 3 rings (SSSR count). The molecule has 0 atom stereocenters. The van der Waals surface area contributed by atoms with Gasteiger partial charge in [-0.3, -0.25) is 4.79 Å². The number of aromatic nitrogens is 2. The van der Waals surface area contributed by atoms with Crippen molar-refractivity contribution in [3.05, 3.63) is 45.9 Å². The van der Waals surface area contributed by atoms with Crippen molar-refractivity contribution in [2.45, 2.75) is 20.8 Å². The van der Waals surface area contributed by atoms with Gasteiger partial charge in [0.25, 0.3) is 5.91 Å². The molecule has 0 fully saturated rings. The Labute approximate surface area is 162 Å². The molecule has 2 aromatic heterocycles. The number of thiophene rings is 1. The van der Waals surface area contributed by atoms with E-state index in [9.17, 15) is 4.79 Å². The third-order valence-electron chi connectivity index (χ3n) is 4.37. The van der Waals surface area contributed by atoms with E-state index in [-0.39, 0.29) is 11.3 Å². The Morgan fingerprint density at radius 1 is 1.38 bits per heavy atom. The number of nitrogens with zero attached hydrogens (tertiary/aromatic N) is 3. The summed E-state index contributed by atoms with van der Waals surface area (Å²) < 4.78 is 1.85. The molecule has 1 aromatic carbocycles. The van der Waals surface area contributed by atoms with Crippen molar-refractivity contribution >= 4 is 39.1 Å². The molecule has 1 amide bonds. The fraction of sp³-hybridized carbons (Fsp3) is 0.368. The van der Waals surface area contributed by atoms with Gasteiger partial charge < -0.3 is 10.6 Å². The molecule has 5 nitrogen and oxygen atoms in total. The highest BCUT2D eigenvalue weighted by Gasteiger charge is 2.24. The summed E-state index contributed by atoms with van der Waals surface area (Å²) in [5.41, 5.74) is 7.45. The molecular formula is C19H23ClN4OS. The largest absolute Gasteiger partial charge is 0.340 e. The summed E-state index contributed by atoms with van der Waals surface area (Å²) in [6, 6.07) is 9.47. The van der Waals surface area contributed by atoms with Crippen LogP contribution in [0.3, 0.4) is 0 Å². The number of amides is 1. The highest BCUT2D eigenvalue weighted by Crippen LogP contribution is 2.32. The van der Waals surface area contributed by atoms with Gasteiger partial charge in [0, 0.05) is 24.0 Å². The first-order valence-corrected chi connectivity index (χ1v) is 9.62. The Morgan fingerprint density at radius 3 is 2.77 bits per heavy atom. The predicted octanol–water partition coefficient (Wildman–Crippen LogP) is 4.11. The number of aryl methyl sites for hydroxylation is 1. The number of hydrogen-bond acceptors (Lipinski definition) is 4. The number of halogens is 1. The number of carbonyl (C=O) groups excluding carboxylic acids is 1. The van der Waals surface area contributed by atoms with Crippen molar-refractivity contribution in [1.29, 1.82) is 0 Å². The van der Waals surface area contributed by atoms with Gasteiger partial charge in [-0.25, -0.2) is 4.68 Å². The lowest BCUT2D eigenvalue weighted by Crippen LogP contribution is -2.39. The number of nitrogens with two attached hydrogens (primary N) is 1. The van der Waals surface area contributed by atoms with E-state index in [0.29, 0.717) is 23.0 Å². The summed E-state index contributed by atoms with van der Waals surface area (Å²) in [5.74, 6) is 0.00442. The van der Waals surface area contributed by atoms with Crippen molar-refractivity contribution in [1.82, 2.24) is 14.7 Å². The second kappa shape index (κ2) is 7.02. The van der Waals surface area contributed by atoms with Crippen LogP contribution in [0, 0.1) is 12.3 Å². The van der Waals surface area contributed by atoms with Crippen LogP contribution in [-0.4, -0.2) is 40.7 Å². The molecule has 2 N–H and O–H groups in total. The van der Waals surface area contributed by atoms with Gasteiger partial charge in [-0.2, -0.15) is 5.10 Å². The summed E-state index contributed by atoms with van der Waals surface area (Å²) >= 11 is 7.57. The minimum atomic E-state index is -0.116. The lowest BCUT2D eigenvalue weighted by atomic mass is 9.93. The first-order chi connectivity index (χ1) is 12.2. The molecule has 138 valence electrons. The molecule has 7 heteroatoms. The van der Waals surface area contributed by atoms with Gasteiger partial charge >= 0.3 is 0 Å². The highest BCUT2D eigenvalue weighted by molar-refractivity contribution is 7.20. The monoisotopic (exact) mass is 390 g/mol. The second-order valence-corrected chi connectivity index (χ2v) is 8.80. The summed E-state index contributed by atoms with van der Waals surface area (Å²) in [6.07, 6.45) is 0. The number of benzene rings is 1. The lowest BCUT2D eigenvalue weighted by molar-refractivity contribution is 0.0745. The van der Waals surface area contributed by atoms with Crippen molar-refractivity contribution in [2.24, 2.45) is 11.1 Å². The van der Waals surface area contributed by atoms with Crippen LogP contribution < -0.4 is 5.73 Å². The van der Waals surface area contributed by atoms with Crippen molar-refractivity contribution in [3.63, 3.8) is 0 Å². The number of fused-ring (bicyclic) bond motifs is 1. The fourth-order valence-corrected chi connectivity index (χ4v) is 4.26. The molecule has 0 saturated carbocycles. The van der Waals surface area contributed by atoms with Gasteiger partial charge in [0.1, 0.15) is 4.83 Å². The van der Waals surface area contributed by atoms with Crippen molar-refractivity contribution in [3.8, 4) is 5.69 Å². The maximum absolute atomic E-state index is 12.9. The quantitative estimate of drug-likeness (QED) is 0.713. The van der Waals surface area contributed by atoms with E-state index in [1.54, 1.807) is 4.90 Å². The Morgan fingerprint density at radius 2 is 2.12 bits per heavy atom. The molecule has 0 aliphatic carbocycles. The van der Waals surface area contributed by atoms with E-state index in [4.69, 9.17) is 17.3 Å². The van der Waals surface area contributed by atoms with Gasteiger partial charge in [0.2, 0.25) is 0 Å². The van der Waals surface area contributed by atoms with Crippen LogP contribution in [0.15, 0.2) is 30.3 Å². The predicted molar refractivity (Wildman–Crippen MR) is 108 cm³/mol. The molecule has 0 bridgehead atoms. The summed E-state index contributed by atoms with van der Waals surface area (Å²) in [6.45, 7) is 7.20. The van der Waals surface area contributed by atoms with Gasteiger partial charge in [-0.15, -0.1) is 11.3 Å². The van der Waals surface area contributed by atoms with Gasteiger partial charge in [-0.05, 0) is 43.1 Å². The zero-order valence-corrected chi connectivity index (χ0v) is 17.0. The van der Waals surface area contributed by atoms with Crippen LogP contribution in [0.25, 0.3) is 15.9 Å². The molecule has 0 saturated heterocycles. The maximum Gasteiger partial charge on any atom is 0.263 e. The lowest BCUT2D eigenvalue weighted by Gasteiger charge is -2.28. The number of hydrogen-bond donors (Lipinski definition) is 1. The normalized spacial score (nSPS) is 11.9. The zero-order chi connectivity index (χ0) is 19.1. The first kappa shape index (κ1) is 18.9. The average molecular weight is 391 g/mol. The van der Waals surface area contributed by atoms with E-state index in [1.165, 1.54) is 11.3 Å². The molecule has 0 unspecified atom stereocenters. The SMILES string of the molecule is Cc1nn(-c2cccc(Cl)c2)c2sc(C(=O)N(C)CC(C)(C)CN)cc12. The van der Waals surface area contributed by atoms with Crippen LogP contribution in [0.4, 0.5) is 0 Å². The van der Waals surface area contributed by atoms with Crippen LogP contribution in [-0.2, 0) is 0 Å². The molecular weight excluding hydrogens is 368 g/mol. The zero-order valence-electron chi connectivity index (χ0n) is 15.4. The Hall–Kier alpha value is -1.89. The van der Waals surface area contributed by atoms with E-state index in [2.05, 4.69) is 18.9 Å². The first-order valence-electron chi connectivity index (χ1n) is 8.42. The molecule has 0 spiro atoms. The smallest absolute Gasteiger partial charge is 0.263 e. The minimum absolute atomic E-state index is 0.00442. The molecule has 26 heavy (non-hydrogen) atoms. The number of carbonyl (C=O) groups is 1. The average Bonchev–Trinajstić information content (AvgIpc) is 3.14.